The van der Waals surface area contributed by atoms with Crippen LogP contribution >= 0.6 is 0 Å². The van der Waals surface area contributed by atoms with E-state index >= 15 is 0 Å². The van der Waals surface area contributed by atoms with E-state index in [9.17, 15) is 0 Å². The summed E-state index contributed by atoms with van der Waals surface area (Å²) < 4.78 is 2.66. The third kappa shape index (κ3) is 4.10. The third-order valence-electron chi connectivity index (χ3n) is 2.88. The van der Waals surface area contributed by atoms with Crippen molar-refractivity contribution in [3.63, 3.8) is 0 Å². The fraction of sp³-hybridized carbons (Fsp3) is 0. The minimum Gasteiger partial charge on any atom is -0.0616 e. The molecular formula is C16H12Li2. The predicted octanol–water partition coefficient (Wildman–Crippen LogP) is 2.11. The molecule has 0 saturated carbocycles. The molecular weight excluding hydrogens is 206 g/mol. The first-order valence-corrected chi connectivity index (χ1v) is 6.23. The molecule has 0 unspecified atom stereocenters. The minimum absolute atomic E-state index is 1.31. The molecule has 0 aliphatic carbocycles. The molecule has 18 heavy (non-hydrogen) atoms. The first-order chi connectivity index (χ1) is 8.75. The van der Waals surface area contributed by atoms with Crippen molar-refractivity contribution in [1.82, 2.24) is 0 Å². The molecule has 0 N–H and O–H groups in total. The first kappa shape index (κ1) is 13.5. The van der Waals surface area contributed by atoms with Crippen LogP contribution < -0.4 is 8.47 Å². The van der Waals surface area contributed by atoms with Gasteiger partial charge >= 0.3 is 68.2 Å². The molecule has 3 aromatic rings. The van der Waals surface area contributed by atoms with E-state index < -0.39 is 0 Å². The van der Waals surface area contributed by atoms with Gasteiger partial charge in [0.15, 0.2) is 0 Å². The Balaban J connectivity index is 0.000000138. The van der Waals surface area contributed by atoms with Gasteiger partial charge in [-0.1, -0.05) is 48.5 Å². The van der Waals surface area contributed by atoms with Crippen LogP contribution in [0.3, 0.4) is 0 Å². The zero-order valence-electron chi connectivity index (χ0n) is 10.9. The Hall–Kier alpha value is -0.885. The van der Waals surface area contributed by atoms with Gasteiger partial charge in [-0.05, 0) is 10.8 Å². The van der Waals surface area contributed by atoms with Crippen LogP contribution in [0.1, 0.15) is 0 Å². The van der Waals surface area contributed by atoms with Crippen LogP contribution in [0, 0.1) is 0 Å². The summed E-state index contributed by atoms with van der Waals surface area (Å²) in [4.78, 5) is 0. The van der Waals surface area contributed by atoms with Gasteiger partial charge in [0.25, 0.3) is 0 Å². The Morgan fingerprint density at radius 2 is 0.722 bits per heavy atom. The van der Waals surface area contributed by atoms with Crippen LogP contribution in [0.15, 0.2) is 72.8 Å². The fourth-order valence-corrected chi connectivity index (χ4v) is 1.77. The molecule has 0 aliphatic heterocycles. The maximum absolute atomic E-state index is 2.12. The van der Waals surface area contributed by atoms with E-state index in [0.29, 0.717) is 0 Å². The quantitative estimate of drug-likeness (QED) is 0.507. The second-order valence-corrected chi connectivity index (χ2v) is 4.50. The average Bonchev–Trinajstić information content (AvgIpc) is 2.43. The molecule has 0 aliphatic rings. The molecule has 0 fully saturated rings. The van der Waals surface area contributed by atoms with E-state index in [1.54, 1.807) is 0 Å². The van der Waals surface area contributed by atoms with Gasteiger partial charge in [-0.25, -0.2) is 0 Å². The van der Waals surface area contributed by atoms with Crippen molar-refractivity contribution in [3.05, 3.63) is 72.8 Å². The van der Waals surface area contributed by atoms with Crippen LogP contribution in [-0.2, 0) is 0 Å². The molecule has 3 aromatic carbocycles. The topological polar surface area (TPSA) is 0 Å². The number of rotatable bonds is 0. The van der Waals surface area contributed by atoms with Crippen LogP contribution in [-0.4, -0.2) is 35.4 Å². The standard InChI is InChI=1S/C10H8.C6H4.2Li/c1-2-6-10-8-4-3-7-9(10)5-1;1-2-4-6-5-3-1;;/h1-8H;1-2,5-6H;;. The number of fused-ring (bicyclic) bond motifs is 1. The van der Waals surface area contributed by atoms with Gasteiger partial charge in [0, 0.05) is 0 Å². The zero-order chi connectivity index (χ0) is 12.8. The fourth-order valence-electron chi connectivity index (χ4n) is 1.77. The molecule has 0 atom stereocenters. The van der Waals surface area contributed by atoms with Crippen molar-refractivity contribution in [2.45, 2.75) is 0 Å². The summed E-state index contributed by atoms with van der Waals surface area (Å²) in [7, 11) is 0. The van der Waals surface area contributed by atoms with E-state index in [1.165, 1.54) is 19.2 Å². The monoisotopic (exact) mass is 218 g/mol. The summed E-state index contributed by atoms with van der Waals surface area (Å²) in [5, 5.41) is 2.62. The Morgan fingerprint density at radius 1 is 0.444 bits per heavy atom. The molecule has 0 radical (unpaired) electrons. The van der Waals surface area contributed by atoms with Gasteiger partial charge in [0.05, 0.1) is 0 Å². The second kappa shape index (κ2) is 6.89. The molecule has 0 spiro atoms. The van der Waals surface area contributed by atoms with Gasteiger partial charge in [-0.3, -0.25) is 0 Å². The molecule has 0 aromatic heterocycles. The molecule has 3 rings (SSSR count). The summed E-state index contributed by atoms with van der Waals surface area (Å²) in [5.41, 5.74) is 0. The van der Waals surface area contributed by atoms with Gasteiger partial charge in [-0.15, -0.1) is 0 Å². The largest absolute Gasteiger partial charge is 0.0616 e. The van der Waals surface area contributed by atoms with Crippen molar-refractivity contribution in [3.8, 4) is 0 Å². The number of benzene rings is 3. The second-order valence-electron chi connectivity index (χ2n) is 4.50. The van der Waals surface area contributed by atoms with Gasteiger partial charge in [0.2, 0.25) is 0 Å². The predicted molar refractivity (Wildman–Crippen MR) is 81.2 cm³/mol. The normalized spacial score (nSPS) is 9.78. The van der Waals surface area contributed by atoms with Crippen molar-refractivity contribution >= 4 is 54.7 Å². The maximum atomic E-state index is 2.12. The Kier molecular flexibility index (Phi) is 5.18. The average molecular weight is 218 g/mol. The van der Waals surface area contributed by atoms with Crippen LogP contribution in [0.25, 0.3) is 10.8 Å². The van der Waals surface area contributed by atoms with Gasteiger partial charge in [0.1, 0.15) is 0 Å². The van der Waals surface area contributed by atoms with Crippen molar-refractivity contribution < 1.29 is 0 Å². The number of hydrogen-bond acceptors (Lipinski definition) is 0. The maximum Gasteiger partial charge on any atom is -0.0184 e. The van der Waals surface area contributed by atoms with Gasteiger partial charge in [-0.2, -0.15) is 0 Å². The zero-order valence-corrected chi connectivity index (χ0v) is 10.9. The van der Waals surface area contributed by atoms with E-state index in [-0.39, 0.29) is 0 Å². The SMILES string of the molecule is [Li][c]1cc[c]([Li])cc1.c1ccc2ccccc2c1. The molecule has 0 bridgehead atoms. The molecule has 78 valence electrons. The summed E-state index contributed by atoms with van der Waals surface area (Å²) >= 11 is 4.19. The van der Waals surface area contributed by atoms with E-state index in [4.69, 9.17) is 0 Å². The number of hydrogen-bond donors (Lipinski definition) is 0. The van der Waals surface area contributed by atoms with Crippen molar-refractivity contribution in [2.24, 2.45) is 0 Å². The molecule has 0 nitrogen and oxygen atoms in total. The smallest absolute Gasteiger partial charge is 0.0184 e. The van der Waals surface area contributed by atoms with Crippen LogP contribution in [0.4, 0.5) is 0 Å². The van der Waals surface area contributed by atoms with Crippen molar-refractivity contribution in [1.29, 1.82) is 0 Å². The Morgan fingerprint density at radius 3 is 1.00 bits per heavy atom. The van der Waals surface area contributed by atoms with Crippen LogP contribution in [0.5, 0.6) is 0 Å². The summed E-state index contributed by atoms with van der Waals surface area (Å²) in [5.74, 6) is 0. The van der Waals surface area contributed by atoms with E-state index in [0.717, 1.165) is 0 Å². The summed E-state index contributed by atoms with van der Waals surface area (Å²) in [6.45, 7) is 0. The van der Waals surface area contributed by atoms with Gasteiger partial charge < -0.3 is 0 Å². The van der Waals surface area contributed by atoms with E-state index in [2.05, 4.69) is 108 Å². The van der Waals surface area contributed by atoms with E-state index in [1.807, 2.05) is 0 Å². The molecule has 2 heteroatoms. The first-order valence-electron chi connectivity index (χ1n) is 6.23. The molecule has 0 saturated heterocycles. The Labute approximate surface area is 127 Å². The molecule has 0 amide bonds. The third-order valence-corrected chi connectivity index (χ3v) is 2.88. The summed E-state index contributed by atoms with van der Waals surface area (Å²) in [6, 6.07) is 25.2. The summed E-state index contributed by atoms with van der Waals surface area (Å²) in [6.07, 6.45) is 0. The van der Waals surface area contributed by atoms with Crippen LogP contribution in [0.2, 0.25) is 0 Å². The minimum atomic E-state index is 1.31. The van der Waals surface area contributed by atoms with Crippen molar-refractivity contribution in [2.75, 3.05) is 0 Å². The molecule has 0 heterocycles. The Bertz CT molecular complexity index is 529.